The molecule has 0 atom stereocenters. The van der Waals surface area contributed by atoms with Gasteiger partial charge in [-0.05, 0) is 23.9 Å². The minimum Gasteiger partial charge on any atom is -0.339 e. The van der Waals surface area contributed by atoms with Crippen LogP contribution in [0, 0.1) is 0 Å². The van der Waals surface area contributed by atoms with Crippen LogP contribution >= 0.6 is 24.6 Å². The first kappa shape index (κ1) is 8.25. The lowest BCUT2D eigenvalue weighted by Crippen LogP contribution is -2.35. The summed E-state index contributed by atoms with van der Waals surface area (Å²) in [5.41, 5.74) is 0.718. The molecule has 1 aliphatic heterocycles. The average Bonchev–Trinajstić information content (AvgIpc) is 2.24. The highest BCUT2D eigenvalue weighted by Gasteiger charge is 2.40. The maximum absolute atomic E-state index is 9.35. The molecule has 1 aromatic rings. The van der Waals surface area contributed by atoms with E-state index in [4.69, 9.17) is 0 Å². The van der Waals surface area contributed by atoms with E-state index in [1.165, 1.54) is 0 Å². The lowest BCUT2D eigenvalue weighted by Gasteiger charge is -2.22. The normalized spacial score (nSPS) is 19.4. The maximum atomic E-state index is 9.35. The topological polar surface area (TPSA) is 43.7 Å². The Morgan fingerprint density at radius 3 is 2.67 bits per heavy atom. The van der Waals surface area contributed by atoms with E-state index in [2.05, 4.69) is 12.8 Å². The maximum Gasteiger partial charge on any atom is 0.314 e. The number of hydrogen-bond donors (Lipinski definition) is 3. The summed E-state index contributed by atoms with van der Waals surface area (Å²) in [7, 11) is 0. The average molecular weight is 201 g/mol. The molecule has 0 amide bonds. The second kappa shape index (κ2) is 2.56. The molecular formula is C7H7NO2S2. The van der Waals surface area contributed by atoms with Crippen molar-refractivity contribution in [3.63, 3.8) is 0 Å². The Kier molecular flexibility index (Phi) is 1.76. The van der Waals surface area contributed by atoms with Gasteiger partial charge in [-0.25, -0.2) is 0 Å². The van der Waals surface area contributed by atoms with Crippen LogP contribution in [0.2, 0.25) is 0 Å². The Labute approximate surface area is 79.6 Å². The summed E-state index contributed by atoms with van der Waals surface area (Å²) in [4.78, 5) is 0.817. The lowest BCUT2D eigenvalue weighted by atomic mass is 10.3. The molecule has 12 heavy (non-hydrogen) atoms. The molecule has 0 fully saturated rings. The van der Waals surface area contributed by atoms with Gasteiger partial charge in [0.25, 0.3) is 0 Å². The van der Waals surface area contributed by atoms with Crippen LogP contribution in [-0.4, -0.2) is 15.5 Å². The van der Waals surface area contributed by atoms with E-state index in [0.29, 0.717) is 0 Å². The number of benzene rings is 1. The zero-order chi connectivity index (χ0) is 8.77. The van der Waals surface area contributed by atoms with Gasteiger partial charge in [-0.3, -0.25) is 4.31 Å². The molecule has 2 rings (SSSR count). The highest BCUT2D eigenvalue weighted by molar-refractivity contribution is 8.02. The molecule has 1 aromatic carbocycles. The van der Waals surface area contributed by atoms with Crippen molar-refractivity contribution in [2.45, 2.75) is 10.1 Å². The summed E-state index contributed by atoms with van der Waals surface area (Å²) in [6.07, 6.45) is 0. The Morgan fingerprint density at radius 1 is 1.33 bits per heavy atom. The van der Waals surface area contributed by atoms with Gasteiger partial charge >= 0.3 is 5.24 Å². The monoisotopic (exact) mass is 201 g/mol. The lowest BCUT2D eigenvalue weighted by molar-refractivity contribution is -0.0600. The molecule has 0 unspecified atom stereocenters. The fourth-order valence-electron chi connectivity index (χ4n) is 1.07. The van der Waals surface area contributed by atoms with Crippen molar-refractivity contribution in [1.29, 1.82) is 0 Å². The quantitative estimate of drug-likeness (QED) is 0.433. The Morgan fingerprint density at radius 2 is 2.00 bits per heavy atom. The van der Waals surface area contributed by atoms with Crippen LogP contribution in [0.15, 0.2) is 29.2 Å². The Balaban J connectivity index is 2.49. The van der Waals surface area contributed by atoms with Gasteiger partial charge in [-0.15, -0.1) is 0 Å². The number of aliphatic hydroxyl groups is 2. The second-order valence-corrected chi connectivity index (χ2v) is 4.05. The fraction of sp³-hybridized carbons (Fsp3) is 0.143. The molecular weight excluding hydrogens is 194 g/mol. The zero-order valence-electron chi connectivity index (χ0n) is 6.01. The summed E-state index contributed by atoms with van der Waals surface area (Å²) in [5.74, 6) is 0. The molecule has 2 N–H and O–H groups in total. The first-order valence-corrected chi connectivity index (χ1v) is 4.55. The molecule has 5 heteroatoms. The van der Waals surface area contributed by atoms with Crippen molar-refractivity contribution < 1.29 is 10.2 Å². The number of thiol groups is 1. The smallest absolute Gasteiger partial charge is 0.314 e. The van der Waals surface area contributed by atoms with Crippen LogP contribution in [0.3, 0.4) is 0 Å². The third-order valence-corrected chi connectivity index (χ3v) is 3.27. The van der Waals surface area contributed by atoms with Crippen molar-refractivity contribution >= 4 is 30.3 Å². The third-order valence-electron chi connectivity index (χ3n) is 1.62. The largest absolute Gasteiger partial charge is 0.339 e. The van der Waals surface area contributed by atoms with Crippen molar-refractivity contribution in [3.8, 4) is 0 Å². The van der Waals surface area contributed by atoms with Gasteiger partial charge in [-0.2, -0.15) is 0 Å². The summed E-state index contributed by atoms with van der Waals surface area (Å²) in [6, 6.07) is 7.26. The third kappa shape index (κ3) is 1.09. The highest BCUT2D eigenvalue weighted by atomic mass is 32.2. The number of hydrogen-bond acceptors (Lipinski definition) is 5. The van der Waals surface area contributed by atoms with Gasteiger partial charge in [0.2, 0.25) is 0 Å². The number of thioether (sulfide) groups is 1. The molecule has 0 aromatic heterocycles. The predicted octanol–water partition coefficient (Wildman–Crippen LogP) is 1.04. The summed E-state index contributed by atoms with van der Waals surface area (Å²) < 4.78 is 1.13. The predicted molar refractivity (Wildman–Crippen MR) is 50.9 cm³/mol. The fourth-order valence-corrected chi connectivity index (χ4v) is 2.32. The van der Waals surface area contributed by atoms with Gasteiger partial charge in [0.05, 0.1) is 5.69 Å². The minimum atomic E-state index is -1.92. The molecule has 0 aliphatic carbocycles. The van der Waals surface area contributed by atoms with Crippen LogP contribution < -0.4 is 4.31 Å². The van der Waals surface area contributed by atoms with Crippen LogP contribution in [0.1, 0.15) is 0 Å². The van der Waals surface area contributed by atoms with Gasteiger partial charge in [0, 0.05) is 4.90 Å². The van der Waals surface area contributed by atoms with Gasteiger partial charge in [0.1, 0.15) is 0 Å². The van der Waals surface area contributed by atoms with E-state index in [9.17, 15) is 10.2 Å². The summed E-state index contributed by atoms with van der Waals surface area (Å²) >= 11 is 4.93. The Hall–Kier alpha value is -0.360. The van der Waals surface area contributed by atoms with E-state index in [-0.39, 0.29) is 0 Å². The highest BCUT2D eigenvalue weighted by Crippen LogP contribution is 2.48. The van der Waals surface area contributed by atoms with Gasteiger partial charge in [-0.1, -0.05) is 24.9 Å². The van der Waals surface area contributed by atoms with E-state index in [1.54, 1.807) is 6.07 Å². The number of rotatable bonds is 0. The number of para-hydroxylation sites is 1. The van der Waals surface area contributed by atoms with Gasteiger partial charge in [0.15, 0.2) is 0 Å². The van der Waals surface area contributed by atoms with Crippen molar-refractivity contribution in [1.82, 2.24) is 0 Å². The van der Waals surface area contributed by atoms with E-state index in [1.807, 2.05) is 18.2 Å². The summed E-state index contributed by atoms with van der Waals surface area (Å²) in [6.45, 7) is 0. The van der Waals surface area contributed by atoms with Crippen LogP contribution in [-0.2, 0) is 0 Å². The molecule has 0 spiro atoms. The molecule has 0 saturated heterocycles. The zero-order valence-corrected chi connectivity index (χ0v) is 7.72. The molecule has 0 bridgehead atoms. The molecule has 0 saturated carbocycles. The first-order valence-electron chi connectivity index (χ1n) is 3.33. The SMILES string of the molecule is OC1(O)Sc2ccccc2N1S. The standard InChI is InChI=1S/C7H7NO2S2/c9-7(10)8(11)5-3-1-2-4-6(5)12-7/h1-4,9-11H. The minimum absolute atomic E-state index is 0.718. The molecule has 0 radical (unpaired) electrons. The van der Waals surface area contributed by atoms with Crippen molar-refractivity contribution in [2.75, 3.05) is 4.31 Å². The van der Waals surface area contributed by atoms with Gasteiger partial charge < -0.3 is 10.2 Å². The second-order valence-electron chi connectivity index (χ2n) is 2.46. The van der Waals surface area contributed by atoms with Crippen LogP contribution in [0.5, 0.6) is 0 Å². The molecule has 1 aliphatic rings. The van der Waals surface area contributed by atoms with E-state index >= 15 is 0 Å². The first-order chi connectivity index (χ1) is 5.61. The number of nitrogens with zero attached hydrogens (tertiary/aromatic N) is 1. The van der Waals surface area contributed by atoms with Crippen molar-refractivity contribution in [2.24, 2.45) is 0 Å². The van der Waals surface area contributed by atoms with Crippen molar-refractivity contribution in [3.05, 3.63) is 24.3 Å². The van der Waals surface area contributed by atoms with Crippen LogP contribution in [0.4, 0.5) is 5.69 Å². The van der Waals surface area contributed by atoms with Crippen LogP contribution in [0.25, 0.3) is 0 Å². The van der Waals surface area contributed by atoms with E-state index in [0.717, 1.165) is 26.6 Å². The number of anilines is 1. The molecule has 64 valence electrons. The Bertz CT molecular complexity index is 316. The molecule has 3 nitrogen and oxygen atoms in total. The van der Waals surface area contributed by atoms with E-state index < -0.39 is 5.24 Å². The molecule has 1 heterocycles. The summed E-state index contributed by atoms with van der Waals surface area (Å²) in [5, 5.41) is 16.8. The number of fused-ring (bicyclic) bond motifs is 1.